The van der Waals surface area contributed by atoms with E-state index >= 15 is 0 Å². The third-order valence-electron chi connectivity index (χ3n) is 4.00. The molecule has 120 valence electrons. The van der Waals surface area contributed by atoms with E-state index in [4.69, 9.17) is 5.73 Å². The molecule has 5 nitrogen and oxygen atoms in total. The molecule has 1 aromatic rings. The largest absolute Gasteiger partial charge is 0.346 e. The summed E-state index contributed by atoms with van der Waals surface area (Å²) in [4.78, 5) is 24.8. The Morgan fingerprint density at radius 3 is 2.68 bits per heavy atom. The summed E-state index contributed by atoms with van der Waals surface area (Å²) in [6.07, 6.45) is 2.63. The number of benzene rings is 1. The Balaban J connectivity index is 1.75. The highest BCUT2D eigenvalue weighted by molar-refractivity contribution is 5.85. The maximum atomic E-state index is 13.2. The Morgan fingerprint density at radius 1 is 1.32 bits per heavy atom. The number of likely N-dealkylation sites (tertiary alicyclic amines) is 1. The minimum absolute atomic E-state index is 0.00456. The predicted molar refractivity (Wildman–Crippen MR) is 81.5 cm³/mol. The van der Waals surface area contributed by atoms with Crippen LogP contribution in [0.3, 0.4) is 0 Å². The van der Waals surface area contributed by atoms with Crippen LogP contribution in [0.1, 0.15) is 18.4 Å². The molecule has 3 N–H and O–H groups in total. The van der Waals surface area contributed by atoms with Crippen LogP contribution < -0.4 is 11.1 Å². The number of carbonyl (C=O) groups excluding carboxylic acids is 2. The molecule has 0 aromatic heterocycles. The van der Waals surface area contributed by atoms with E-state index in [0.717, 1.165) is 24.8 Å². The molecule has 1 aliphatic rings. The second-order valence-corrected chi connectivity index (χ2v) is 5.64. The predicted octanol–water partition coefficient (Wildman–Crippen LogP) is 0.682. The van der Waals surface area contributed by atoms with Crippen molar-refractivity contribution >= 4 is 11.8 Å². The second kappa shape index (κ2) is 7.89. The number of rotatable bonds is 5. The number of amides is 2. The smallest absolute Gasteiger partial charge is 0.241 e. The Bertz CT molecular complexity index is 528. The average Bonchev–Trinajstić information content (AvgIpc) is 2.53. The highest BCUT2D eigenvalue weighted by Crippen LogP contribution is 2.22. The fourth-order valence-electron chi connectivity index (χ4n) is 2.74. The van der Waals surface area contributed by atoms with Crippen LogP contribution in [-0.4, -0.2) is 42.9 Å². The lowest BCUT2D eigenvalue weighted by atomic mass is 9.90. The zero-order chi connectivity index (χ0) is 15.9. The van der Waals surface area contributed by atoms with Gasteiger partial charge in [-0.2, -0.15) is 0 Å². The lowest BCUT2D eigenvalue weighted by Gasteiger charge is -2.32. The standard InChI is InChI=1S/C16H22FN3O2/c17-14-3-1-2-13(9-14)8-12-4-6-20(7-5-12)16(22)11-19-15(21)10-18/h1-3,9,12H,4-8,10-11,18H2,(H,19,21). The van der Waals surface area contributed by atoms with Crippen molar-refractivity contribution in [1.82, 2.24) is 10.2 Å². The molecule has 0 aliphatic carbocycles. The van der Waals surface area contributed by atoms with Gasteiger partial charge in [0.15, 0.2) is 0 Å². The molecule has 0 saturated carbocycles. The van der Waals surface area contributed by atoms with Gasteiger partial charge in [-0.25, -0.2) is 4.39 Å². The Hall–Kier alpha value is -1.95. The first kappa shape index (κ1) is 16.4. The summed E-state index contributed by atoms with van der Waals surface area (Å²) < 4.78 is 13.2. The van der Waals surface area contributed by atoms with Gasteiger partial charge < -0.3 is 16.0 Å². The van der Waals surface area contributed by atoms with Crippen LogP contribution in [-0.2, 0) is 16.0 Å². The summed E-state index contributed by atoms with van der Waals surface area (Å²) in [5, 5.41) is 2.49. The monoisotopic (exact) mass is 307 g/mol. The summed E-state index contributed by atoms with van der Waals surface area (Å²) in [6.45, 7) is 1.25. The molecule has 0 atom stereocenters. The zero-order valence-corrected chi connectivity index (χ0v) is 12.6. The van der Waals surface area contributed by atoms with E-state index in [1.165, 1.54) is 6.07 Å². The summed E-state index contributed by atoms with van der Waals surface area (Å²) in [5.74, 6) is -0.148. The van der Waals surface area contributed by atoms with Gasteiger partial charge in [-0.1, -0.05) is 12.1 Å². The molecule has 22 heavy (non-hydrogen) atoms. The zero-order valence-electron chi connectivity index (χ0n) is 12.6. The van der Waals surface area contributed by atoms with Crippen LogP contribution >= 0.6 is 0 Å². The van der Waals surface area contributed by atoms with Gasteiger partial charge >= 0.3 is 0 Å². The minimum Gasteiger partial charge on any atom is -0.346 e. The van der Waals surface area contributed by atoms with Crippen LogP contribution in [0, 0.1) is 11.7 Å². The molecule has 2 amide bonds. The first-order chi connectivity index (χ1) is 10.6. The number of hydrogen-bond acceptors (Lipinski definition) is 3. The molecule has 1 saturated heterocycles. The van der Waals surface area contributed by atoms with Crippen LogP contribution in [0.25, 0.3) is 0 Å². The fourth-order valence-corrected chi connectivity index (χ4v) is 2.74. The first-order valence-corrected chi connectivity index (χ1v) is 7.57. The number of piperidine rings is 1. The first-order valence-electron chi connectivity index (χ1n) is 7.57. The van der Waals surface area contributed by atoms with Crippen molar-refractivity contribution < 1.29 is 14.0 Å². The van der Waals surface area contributed by atoms with E-state index < -0.39 is 0 Å². The molecule has 0 bridgehead atoms. The topological polar surface area (TPSA) is 75.4 Å². The fraction of sp³-hybridized carbons (Fsp3) is 0.500. The second-order valence-electron chi connectivity index (χ2n) is 5.64. The van der Waals surface area contributed by atoms with Crippen molar-refractivity contribution in [3.05, 3.63) is 35.6 Å². The number of nitrogens with zero attached hydrogens (tertiary/aromatic N) is 1. The van der Waals surface area contributed by atoms with E-state index in [0.29, 0.717) is 19.0 Å². The van der Waals surface area contributed by atoms with Gasteiger partial charge in [0.1, 0.15) is 5.82 Å². The molecule has 2 rings (SSSR count). The quantitative estimate of drug-likeness (QED) is 0.840. The van der Waals surface area contributed by atoms with E-state index in [-0.39, 0.29) is 30.7 Å². The minimum atomic E-state index is -0.325. The number of nitrogens with two attached hydrogens (primary N) is 1. The van der Waals surface area contributed by atoms with E-state index in [1.54, 1.807) is 17.0 Å². The lowest BCUT2D eigenvalue weighted by molar-refractivity contribution is -0.133. The van der Waals surface area contributed by atoms with Crippen molar-refractivity contribution in [2.24, 2.45) is 11.7 Å². The van der Waals surface area contributed by atoms with Gasteiger partial charge in [-0.05, 0) is 42.9 Å². The summed E-state index contributed by atoms with van der Waals surface area (Å²) in [7, 11) is 0. The summed E-state index contributed by atoms with van der Waals surface area (Å²) >= 11 is 0. The average molecular weight is 307 g/mol. The number of carbonyl (C=O) groups is 2. The Labute approximate surface area is 129 Å². The molecule has 0 radical (unpaired) electrons. The highest BCUT2D eigenvalue weighted by Gasteiger charge is 2.23. The van der Waals surface area contributed by atoms with Crippen LogP contribution in [0.5, 0.6) is 0 Å². The van der Waals surface area contributed by atoms with E-state index in [9.17, 15) is 14.0 Å². The number of hydrogen-bond donors (Lipinski definition) is 2. The van der Waals surface area contributed by atoms with Gasteiger partial charge in [-0.3, -0.25) is 9.59 Å². The Kier molecular flexibility index (Phi) is 5.89. The SMILES string of the molecule is NCC(=O)NCC(=O)N1CCC(Cc2cccc(F)c2)CC1. The highest BCUT2D eigenvalue weighted by atomic mass is 19.1. The molecular weight excluding hydrogens is 285 g/mol. The molecule has 1 fully saturated rings. The van der Waals surface area contributed by atoms with E-state index in [1.807, 2.05) is 6.07 Å². The van der Waals surface area contributed by atoms with Gasteiger partial charge in [0, 0.05) is 13.1 Å². The Morgan fingerprint density at radius 2 is 2.05 bits per heavy atom. The van der Waals surface area contributed by atoms with Crippen molar-refractivity contribution in [2.75, 3.05) is 26.2 Å². The lowest BCUT2D eigenvalue weighted by Crippen LogP contribution is -2.45. The molecule has 0 unspecified atom stereocenters. The van der Waals surface area contributed by atoms with Crippen molar-refractivity contribution in [2.45, 2.75) is 19.3 Å². The molecule has 6 heteroatoms. The molecule has 1 heterocycles. The van der Waals surface area contributed by atoms with Crippen molar-refractivity contribution in [3.63, 3.8) is 0 Å². The third-order valence-corrected chi connectivity index (χ3v) is 4.00. The summed E-state index contributed by atoms with van der Waals surface area (Å²) in [6, 6.07) is 6.67. The van der Waals surface area contributed by atoms with Gasteiger partial charge in [0.05, 0.1) is 13.1 Å². The molecule has 1 aliphatic heterocycles. The van der Waals surface area contributed by atoms with E-state index in [2.05, 4.69) is 5.32 Å². The third kappa shape index (κ3) is 4.80. The normalized spacial score (nSPS) is 15.6. The molecule has 0 spiro atoms. The number of nitrogens with one attached hydrogen (secondary N) is 1. The van der Waals surface area contributed by atoms with Gasteiger partial charge in [-0.15, -0.1) is 0 Å². The van der Waals surface area contributed by atoms with Crippen LogP contribution in [0.4, 0.5) is 4.39 Å². The van der Waals surface area contributed by atoms with Crippen molar-refractivity contribution in [3.8, 4) is 0 Å². The van der Waals surface area contributed by atoms with Gasteiger partial charge in [0.2, 0.25) is 11.8 Å². The molecular formula is C16H22FN3O2. The summed E-state index contributed by atoms with van der Waals surface area (Å²) in [5.41, 5.74) is 6.18. The van der Waals surface area contributed by atoms with Crippen molar-refractivity contribution in [1.29, 1.82) is 0 Å². The maximum Gasteiger partial charge on any atom is 0.241 e. The maximum absolute atomic E-state index is 13.2. The van der Waals surface area contributed by atoms with Crippen LogP contribution in [0.2, 0.25) is 0 Å². The van der Waals surface area contributed by atoms with Gasteiger partial charge in [0.25, 0.3) is 0 Å². The van der Waals surface area contributed by atoms with Crippen LogP contribution in [0.15, 0.2) is 24.3 Å². The number of halogens is 1. The molecule has 1 aromatic carbocycles.